The lowest BCUT2D eigenvalue weighted by atomic mass is 9.86. The highest BCUT2D eigenvalue weighted by Crippen LogP contribution is 2.43. The number of fused-ring (bicyclic) bond motifs is 1. The molecule has 0 aliphatic heterocycles. The standard InChI is InChI=1S/C36H22N2/c1-2-28-22-38-21-18-30(28)31(3-1)32-13-11-27-9-8-26-10-12-29(33-14-15-34(32)36(27)35(26)33)25-6-4-23(5-7-25)24-16-19-37-20-17-24/h1-22H. The van der Waals surface area contributed by atoms with Crippen molar-refractivity contribution in [3.05, 3.63) is 134 Å². The van der Waals surface area contributed by atoms with Gasteiger partial charge in [0.05, 0.1) is 0 Å². The van der Waals surface area contributed by atoms with Gasteiger partial charge in [-0.15, -0.1) is 0 Å². The maximum Gasteiger partial charge on any atom is 0.0346 e. The molecule has 0 aliphatic carbocycles. The summed E-state index contributed by atoms with van der Waals surface area (Å²) >= 11 is 0. The maximum absolute atomic E-state index is 4.33. The van der Waals surface area contributed by atoms with Crippen molar-refractivity contribution in [3.8, 4) is 33.4 Å². The normalized spacial score (nSPS) is 11.7. The van der Waals surface area contributed by atoms with Crippen LogP contribution in [0.1, 0.15) is 0 Å². The summed E-state index contributed by atoms with van der Waals surface area (Å²) in [6.45, 7) is 0. The molecule has 0 aliphatic rings. The number of hydrogen-bond donors (Lipinski definition) is 0. The highest BCUT2D eigenvalue weighted by atomic mass is 14.6. The van der Waals surface area contributed by atoms with Crippen LogP contribution < -0.4 is 0 Å². The van der Waals surface area contributed by atoms with Crippen molar-refractivity contribution in [1.82, 2.24) is 9.97 Å². The van der Waals surface area contributed by atoms with Gasteiger partial charge in [0.1, 0.15) is 0 Å². The average Bonchev–Trinajstić information content (AvgIpc) is 3.00. The Bertz CT molecular complexity index is 2100. The molecule has 8 aromatic rings. The van der Waals surface area contributed by atoms with Crippen molar-refractivity contribution in [3.63, 3.8) is 0 Å². The zero-order valence-corrected chi connectivity index (χ0v) is 20.6. The predicted molar refractivity (Wildman–Crippen MR) is 160 cm³/mol. The lowest BCUT2D eigenvalue weighted by Crippen LogP contribution is -1.90. The monoisotopic (exact) mass is 482 g/mol. The van der Waals surface area contributed by atoms with Gasteiger partial charge in [0, 0.05) is 30.2 Å². The van der Waals surface area contributed by atoms with E-state index in [9.17, 15) is 0 Å². The molecule has 0 saturated heterocycles. The van der Waals surface area contributed by atoms with Gasteiger partial charge in [0.2, 0.25) is 0 Å². The SMILES string of the molecule is c1cc(-c2ccc3ccc4ccc(-c5ccc(-c6ccncc6)cc5)c5ccc2c3c45)c2ccncc2c1. The molecule has 6 aromatic carbocycles. The van der Waals surface area contributed by atoms with Crippen molar-refractivity contribution < 1.29 is 0 Å². The van der Waals surface area contributed by atoms with Crippen molar-refractivity contribution in [2.24, 2.45) is 0 Å². The minimum atomic E-state index is 1.16. The molecule has 0 radical (unpaired) electrons. The molecule has 0 bridgehead atoms. The van der Waals surface area contributed by atoms with Crippen LogP contribution in [0.2, 0.25) is 0 Å². The molecule has 0 fully saturated rings. The zero-order chi connectivity index (χ0) is 25.1. The Labute approximate surface area is 220 Å². The molecule has 8 rings (SSSR count). The minimum Gasteiger partial charge on any atom is -0.265 e. The molecule has 176 valence electrons. The summed E-state index contributed by atoms with van der Waals surface area (Å²) in [7, 11) is 0. The molecule has 2 heteroatoms. The van der Waals surface area contributed by atoms with Gasteiger partial charge in [-0.2, -0.15) is 0 Å². The topological polar surface area (TPSA) is 25.8 Å². The van der Waals surface area contributed by atoms with Crippen LogP contribution in [0.15, 0.2) is 134 Å². The lowest BCUT2D eigenvalue weighted by Gasteiger charge is -2.17. The van der Waals surface area contributed by atoms with Crippen molar-refractivity contribution >= 4 is 43.1 Å². The van der Waals surface area contributed by atoms with Crippen molar-refractivity contribution in [2.75, 3.05) is 0 Å². The van der Waals surface area contributed by atoms with E-state index in [4.69, 9.17) is 0 Å². The van der Waals surface area contributed by atoms with E-state index in [-0.39, 0.29) is 0 Å². The van der Waals surface area contributed by atoms with Crippen LogP contribution in [-0.2, 0) is 0 Å². The average molecular weight is 483 g/mol. The van der Waals surface area contributed by atoms with Crippen LogP contribution in [0.5, 0.6) is 0 Å². The van der Waals surface area contributed by atoms with E-state index in [1.165, 1.54) is 71.1 Å². The first kappa shape index (κ1) is 21.0. The van der Waals surface area contributed by atoms with E-state index in [0.717, 1.165) is 5.39 Å². The van der Waals surface area contributed by atoms with Crippen LogP contribution >= 0.6 is 0 Å². The molecule has 2 nitrogen and oxygen atoms in total. The molecular weight excluding hydrogens is 460 g/mol. The molecule has 0 unspecified atom stereocenters. The fourth-order valence-corrected chi connectivity index (χ4v) is 6.03. The summed E-state index contributed by atoms with van der Waals surface area (Å²) in [5.41, 5.74) is 7.37. The first-order chi connectivity index (χ1) is 18.8. The van der Waals surface area contributed by atoms with Gasteiger partial charge in [-0.05, 0) is 89.3 Å². The largest absolute Gasteiger partial charge is 0.265 e. The van der Waals surface area contributed by atoms with Crippen LogP contribution in [0.4, 0.5) is 0 Å². The first-order valence-corrected chi connectivity index (χ1v) is 12.9. The predicted octanol–water partition coefficient (Wildman–Crippen LogP) is 9.53. The molecule has 0 atom stereocenters. The zero-order valence-electron chi connectivity index (χ0n) is 20.6. The third-order valence-electron chi connectivity index (χ3n) is 7.85. The summed E-state index contributed by atoms with van der Waals surface area (Å²) < 4.78 is 0. The van der Waals surface area contributed by atoms with Gasteiger partial charge < -0.3 is 0 Å². The molecule has 38 heavy (non-hydrogen) atoms. The summed E-state index contributed by atoms with van der Waals surface area (Å²) in [5.74, 6) is 0. The Hall–Kier alpha value is -5.08. The third-order valence-corrected chi connectivity index (χ3v) is 7.85. The summed E-state index contributed by atoms with van der Waals surface area (Å²) in [6, 6.07) is 39.8. The number of pyridine rings is 2. The second kappa shape index (κ2) is 8.22. The Morgan fingerprint density at radius 2 is 0.921 bits per heavy atom. The van der Waals surface area contributed by atoms with Crippen molar-refractivity contribution in [2.45, 2.75) is 0 Å². The van der Waals surface area contributed by atoms with Crippen LogP contribution in [0.3, 0.4) is 0 Å². The molecule has 2 aromatic heterocycles. The number of hydrogen-bond acceptors (Lipinski definition) is 2. The van der Waals surface area contributed by atoms with E-state index in [0.29, 0.717) is 0 Å². The van der Waals surface area contributed by atoms with Gasteiger partial charge >= 0.3 is 0 Å². The number of nitrogens with zero attached hydrogens (tertiary/aromatic N) is 2. The smallest absolute Gasteiger partial charge is 0.0346 e. The van der Waals surface area contributed by atoms with Crippen LogP contribution in [0, 0.1) is 0 Å². The molecule has 0 N–H and O–H groups in total. The molecule has 0 amide bonds. The highest BCUT2D eigenvalue weighted by molar-refractivity contribution is 6.28. The third kappa shape index (κ3) is 3.14. The molecular formula is C36H22N2. The Kier molecular flexibility index (Phi) is 4.55. The molecule has 0 saturated carbocycles. The van der Waals surface area contributed by atoms with E-state index >= 15 is 0 Å². The van der Waals surface area contributed by atoms with Gasteiger partial charge in [0.25, 0.3) is 0 Å². The van der Waals surface area contributed by atoms with Gasteiger partial charge in [0.15, 0.2) is 0 Å². The molecule has 0 spiro atoms. The number of rotatable bonds is 3. The van der Waals surface area contributed by atoms with Crippen LogP contribution in [0.25, 0.3) is 76.5 Å². The maximum atomic E-state index is 4.33. The second-order valence-electron chi connectivity index (χ2n) is 9.86. The van der Waals surface area contributed by atoms with Gasteiger partial charge in [-0.1, -0.05) is 91.0 Å². The summed E-state index contributed by atoms with van der Waals surface area (Å²) in [4.78, 5) is 8.48. The van der Waals surface area contributed by atoms with E-state index in [1.807, 2.05) is 24.8 Å². The fraction of sp³-hybridized carbons (Fsp3) is 0. The number of benzene rings is 6. The fourth-order valence-electron chi connectivity index (χ4n) is 6.03. The lowest BCUT2D eigenvalue weighted by molar-refractivity contribution is 1.33. The quantitative estimate of drug-likeness (QED) is 0.234. The second-order valence-corrected chi connectivity index (χ2v) is 9.86. The first-order valence-electron chi connectivity index (χ1n) is 12.9. The van der Waals surface area contributed by atoms with Gasteiger partial charge in [-0.25, -0.2) is 0 Å². The van der Waals surface area contributed by atoms with E-state index in [1.54, 1.807) is 0 Å². The minimum absolute atomic E-state index is 1.16. The van der Waals surface area contributed by atoms with Crippen molar-refractivity contribution in [1.29, 1.82) is 0 Å². The molecule has 2 heterocycles. The van der Waals surface area contributed by atoms with E-state index < -0.39 is 0 Å². The van der Waals surface area contributed by atoms with Gasteiger partial charge in [-0.3, -0.25) is 9.97 Å². The Morgan fingerprint density at radius 3 is 1.68 bits per heavy atom. The van der Waals surface area contributed by atoms with E-state index in [2.05, 4.69) is 119 Å². The number of aromatic nitrogens is 2. The summed E-state index contributed by atoms with van der Waals surface area (Å²) in [5, 5.41) is 10.2. The van der Waals surface area contributed by atoms with Crippen LogP contribution in [-0.4, -0.2) is 9.97 Å². The summed E-state index contributed by atoms with van der Waals surface area (Å²) in [6.07, 6.45) is 7.51. The highest BCUT2D eigenvalue weighted by Gasteiger charge is 2.16. The Morgan fingerprint density at radius 1 is 0.342 bits per heavy atom. The Balaban J connectivity index is 1.36.